The van der Waals surface area contributed by atoms with Gasteiger partial charge in [0.25, 0.3) is 0 Å². The quantitative estimate of drug-likeness (QED) is 0.683. The number of nitrogens with zero attached hydrogens (tertiary/aromatic N) is 1. The first-order chi connectivity index (χ1) is 9.65. The van der Waals surface area contributed by atoms with Crippen LogP contribution in [0.3, 0.4) is 0 Å². The number of carbonyl (C=O) groups excluding carboxylic acids is 1. The standard InChI is InChI=1S/C15H16N4O/c1-9-15(10(2)19-18-9)17-14(20)7-11-8-16-13-6-4-3-5-12(11)13/h3-6,8,16H,7H2,1-2H3,(H,17,20)(H,18,19). The summed E-state index contributed by atoms with van der Waals surface area (Å²) in [7, 11) is 0. The van der Waals surface area contributed by atoms with E-state index < -0.39 is 0 Å². The highest BCUT2D eigenvalue weighted by molar-refractivity contribution is 5.96. The average Bonchev–Trinajstić information content (AvgIpc) is 2.98. The molecule has 3 N–H and O–H groups in total. The maximum Gasteiger partial charge on any atom is 0.228 e. The van der Waals surface area contributed by atoms with Gasteiger partial charge in [0, 0.05) is 17.1 Å². The SMILES string of the molecule is Cc1n[nH]c(C)c1NC(=O)Cc1c[nH]c2ccccc12. The number of fused-ring (bicyclic) bond motifs is 1. The highest BCUT2D eigenvalue weighted by Crippen LogP contribution is 2.20. The van der Waals surface area contributed by atoms with Crippen LogP contribution in [0.25, 0.3) is 10.9 Å². The van der Waals surface area contributed by atoms with Crippen LogP contribution < -0.4 is 5.32 Å². The van der Waals surface area contributed by atoms with Crippen molar-refractivity contribution in [3.05, 3.63) is 47.4 Å². The third kappa shape index (κ3) is 2.18. The Morgan fingerprint density at radius 2 is 2.10 bits per heavy atom. The van der Waals surface area contributed by atoms with Crippen LogP contribution in [0.5, 0.6) is 0 Å². The number of H-pyrrole nitrogens is 2. The molecule has 102 valence electrons. The molecule has 1 amide bonds. The first kappa shape index (κ1) is 12.5. The summed E-state index contributed by atoms with van der Waals surface area (Å²) < 4.78 is 0. The van der Waals surface area contributed by atoms with Crippen molar-refractivity contribution < 1.29 is 4.79 Å². The van der Waals surface area contributed by atoms with Gasteiger partial charge < -0.3 is 10.3 Å². The first-order valence-electron chi connectivity index (χ1n) is 6.51. The van der Waals surface area contributed by atoms with Gasteiger partial charge in [-0.3, -0.25) is 9.89 Å². The van der Waals surface area contributed by atoms with Crippen molar-refractivity contribution in [1.29, 1.82) is 0 Å². The molecule has 0 radical (unpaired) electrons. The maximum absolute atomic E-state index is 12.2. The number of carbonyl (C=O) groups is 1. The summed E-state index contributed by atoms with van der Waals surface area (Å²) in [5, 5.41) is 10.9. The van der Waals surface area contributed by atoms with E-state index in [0.717, 1.165) is 33.5 Å². The summed E-state index contributed by atoms with van der Waals surface area (Å²) in [5.74, 6) is -0.0395. The Morgan fingerprint density at radius 3 is 2.85 bits per heavy atom. The van der Waals surface area contributed by atoms with Crippen LogP contribution in [0.15, 0.2) is 30.5 Å². The van der Waals surface area contributed by atoms with Crippen molar-refractivity contribution in [1.82, 2.24) is 15.2 Å². The van der Waals surface area contributed by atoms with Gasteiger partial charge in [-0.2, -0.15) is 5.10 Å². The molecule has 3 aromatic rings. The number of benzene rings is 1. The van der Waals surface area contributed by atoms with Crippen molar-refractivity contribution in [2.24, 2.45) is 0 Å². The van der Waals surface area contributed by atoms with E-state index in [1.807, 2.05) is 44.3 Å². The molecule has 20 heavy (non-hydrogen) atoms. The van der Waals surface area contributed by atoms with E-state index in [1.54, 1.807) is 0 Å². The number of hydrogen-bond donors (Lipinski definition) is 3. The highest BCUT2D eigenvalue weighted by atomic mass is 16.1. The minimum Gasteiger partial charge on any atom is -0.361 e. The molecule has 0 bridgehead atoms. The molecule has 0 saturated carbocycles. The number of amides is 1. The van der Waals surface area contributed by atoms with Crippen molar-refractivity contribution in [3.63, 3.8) is 0 Å². The number of anilines is 1. The number of aromatic nitrogens is 3. The number of rotatable bonds is 3. The Labute approximate surface area is 116 Å². The molecular formula is C15H16N4O. The van der Waals surface area contributed by atoms with Gasteiger partial charge in [0.2, 0.25) is 5.91 Å². The van der Waals surface area contributed by atoms with Gasteiger partial charge in [-0.05, 0) is 25.5 Å². The summed E-state index contributed by atoms with van der Waals surface area (Å²) in [6, 6.07) is 7.97. The fraction of sp³-hybridized carbons (Fsp3) is 0.200. The van der Waals surface area contributed by atoms with Gasteiger partial charge in [-0.15, -0.1) is 0 Å². The molecule has 0 saturated heterocycles. The zero-order valence-corrected chi connectivity index (χ0v) is 11.4. The van der Waals surface area contributed by atoms with E-state index >= 15 is 0 Å². The second kappa shape index (κ2) is 4.85. The molecule has 0 aliphatic rings. The van der Waals surface area contributed by atoms with E-state index in [-0.39, 0.29) is 5.91 Å². The molecule has 2 aromatic heterocycles. The minimum atomic E-state index is -0.0395. The molecule has 0 spiro atoms. The second-order valence-electron chi connectivity index (χ2n) is 4.89. The smallest absolute Gasteiger partial charge is 0.228 e. The first-order valence-corrected chi connectivity index (χ1v) is 6.51. The molecule has 2 heterocycles. The van der Waals surface area contributed by atoms with Crippen molar-refractivity contribution in [2.75, 3.05) is 5.32 Å². The molecule has 0 unspecified atom stereocenters. The monoisotopic (exact) mass is 268 g/mol. The zero-order chi connectivity index (χ0) is 14.1. The Morgan fingerprint density at radius 1 is 1.30 bits per heavy atom. The lowest BCUT2D eigenvalue weighted by atomic mass is 10.1. The molecule has 0 aliphatic carbocycles. The van der Waals surface area contributed by atoms with Gasteiger partial charge >= 0.3 is 0 Å². The Bertz CT molecular complexity index is 750. The van der Waals surface area contributed by atoms with Crippen molar-refractivity contribution >= 4 is 22.5 Å². The van der Waals surface area contributed by atoms with Gasteiger partial charge in [0.15, 0.2) is 0 Å². The summed E-state index contributed by atoms with van der Waals surface area (Å²) in [5.41, 5.74) is 4.49. The van der Waals surface area contributed by atoms with Crippen LogP contribution in [0.4, 0.5) is 5.69 Å². The Hall–Kier alpha value is -2.56. The minimum absolute atomic E-state index is 0.0395. The number of hydrogen-bond acceptors (Lipinski definition) is 2. The maximum atomic E-state index is 12.2. The number of para-hydroxylation sites is 1. The fourth-order valence-electron chi connectivity index (χ4n) is 2.37. The fourth-order valence-corrected chi connectivity index (χ4v) is 2.37. The van der Waals surface area contributed by atoms with Crippen LogP contribution in [-0.4, -0.2) is 21.1 Å². The predicted octanol–water partition coefficient (Wildman–Crippen LogP) is 2.69. The van der Waals surface area contributed by atoms with E-state index in [9.17, 15) is 4.79 Å². The van der Waals surface area contributed by atoms with Crippen molar-refractivity contribution in [3.8, 4) is 0 Å². The lowest BCUT2D eigenvalue weighted by Gasteiger charge is -2.04. The largest absolute Gasteiger partial charge is 0.361 e. The van der Waals surface area contributed by atoms with E-state index in [2.05, 4.69) is 20.5 Å². The molecule has 5 heteroatoms. The molecule has 3 rings (SSSR count). The normalized spacial score (nSPS) is 10.9. The van der Waals surface area contributed by atoms with E-state index in [1.165, 1.54) is 0 Å². The average molecular weight is 268 g/mol. The number of aromatic amines is 2. The summed E-state index contributed by atoms with van der Waals surface area (Å²) in [4.78, 5) is 15.3. The van der Waals surface area contributed by atoms with Crippen LogP contribution in [0, 0.1) is 13.8 Å². The second-order valence-corrected chi connectivity index (χ2v) is 4.89. The van der Waals surface area contributed by atoms with Crippen molar-refractivity contribution in [2.45, 2.75) is 20.3 Å². The van der Waals surface area contributed by atoms with Gasteiger partial charge in [-0.25, -0.2) is 0 Å². The van der Waals surface area contributed by atoms with Crippen LogP contribution in [0.2, 0.25) is 0 Å². The molecule has 0 atom stereocenters. The summed E-state index contributed by atoms with van der Waals surface area (Å²) in [6.07, 6.45) is 2.23. The lowest BCUT2D eigenvalue weighted by Crippen LogP contribution is -2.15. The van der Waals surface area contributed by atoms with E-state index in [0.29, 0.717) is 6.42 Å². The Kier molecular flexibility index (Phi) is 3.02. The number of aryl methyl sites for hydroxylation is 2. The number of nitrogens with one attached hydrogen (secondary N) is 3. The summed E-state index contributed by atoms with van der Waals surface area (Å²) in [6.45, 7) is 3.76. The van der Waals surface area contributed by atoms with E-state index in [4.69, 9.17) is 0 Å². The predicted molar refractivity (Wildman–Crippen MR) is 78.7 cm³/mol. The van der Waals surface area contributed by atoms with Crippen LogP contribution in [-0.2, 0) is 11.2 Å². The third-order valence-corrected chi connectivity index (χ3v) is 3.42. The molecule has 0 fully saturated rings. The van der Waals surface area contributed by atoms with Gasteiger partial charge in [0.05, 0.1) is 23.5 Å². The molecule has 0 aliphatic heterocycles. The molecular weight excluding hydrogens is 252 g/mol. The molecule has 5 nitrogen and oxygen atoms in total. The van der Waals surface area contributed by atoms with Crippen LogP contribution >= 0.6 is 0 Å². The van der Waals surface area contributed by atoms with Gasteiger partial charge in [-0.1, -0.05) is 18.2 Å². The van der Waals surface area contributed by atoms with Crippen LogP contribution in [0.1, 0.15) is 17.0 Å². The highest BCUT2D eigenvalue weighted by Gasteiger charge is 2.12. The zero-order valence-electron chi connectivity index (χ0n) is 11.4. The molecule has 1 aromatic carbocycles. The summed E-state index contributed by atoms with van der Waals surface area (Å²) >= 11 is 0. The lowest BCUT2D eigenvalue weighted by molar-refractivity contribution is -0.115. The van der Waals surface area contributed by atoms with Gasteiger partial charge in [0.1, 0.15) is 0 Å². The third-order valence-electron chi connectivity index (χ3n) is 3.42. The Balaban J connectivity index is 1.80. The topological polar surface area (TPSA) is 73.6 Å².